The smallest absolute Gasteiger partial charge is 0.368 e. The molecule has 0 aliphatic heterocycles. The Morgan fingerprint density at radius 2 is 1.89 bits per heavy atom. The number of aromatic nitrogens is 4. The van der Waals surface area contributed by atoms with Gasteiger partial charge in [-0.05, 0) is 25.1 Å². The third-order valence-electron chi connectivity index (χ3n) is 4.23. The van der Waals surface area contributed by atoms with E-state index < -0.39 is 35.1 Å². The summed E-state index contributed by atoms with van der Waals surface area (Å²) in [5.41, 5.74) is 2.09. The number of benzene rings is 1. The molecule has 27 heavy (non-hydrogen) atoms. The topological polar surface area (TPSA) is 105 Å². The van der Waals surface area contributed by atoms with Crippen molar-refractivity contribution in [3.63, 3.8) is 0 Å². The predicted octanol–water partition coefficient (Wildman–Crippen LogP) is 0.951. The van der Waals surface area contributed by atoms with Gasteiger partial charge in [0, 0.05) is 18.5 Å². The maximum Gasteiger partial charge on any atom is 0.431 e. The van der Waals surface area contributed by atoms with E-state index in [1.807, 2.05) is 0 Å². The average Bonchev–Trinajstić information content (AvgIpc) is 2.99. The second-order valence-corrected chi connectivity index (χ2v) is 5.95. The summed E-state index contributed by atoms with van der Waals surface area (Å²) in [4.78, 5) is 36.0. The number of hydrogen-bond acceptors (Lipinski definition) is 4. The van der Waals surface area contributed by atoms with Crippen LogP contribution in [0.1, 0.15) is 18.7 Å². The fraction of sp³-hybridized carbons (Fsp3) is 0.250. The number of fused-ring (bicyclic) bond motifs is 1. The molecule has 0 spiro atoms. The highest BCUT2D eigenvalue weighted by molar-refractivity contribution is 5.84. The summed E-state index contributed by atoms with van der Waals surface area (Å²) in [7, 11) is 0.930. The first-order valence-electron chi connectivity index (χ1n) is 7.69. The van der Waals surface area contributed by atoms with Crippen molar-refractivity contribution >= 4 is 16.8 Å². The van der Waals surface area contributed by atoms with Crippen LogP contribution in [0.4, 0.5) is 13.2 Å². The molecule has 0 aliphatic carbocycles. The molecule has 11 heteroatoms. The van der Waals surface area contributed by atoms with Gasteiger partial charge < -0.3 is 5.73 Å². The molecule has 0 saturated heterocycles. The lowest BCUT2D eigenvalue weighted by Gasteiger charge is -2.14. The number of halogens is 3. The highest BCUT2D eigenvalue weighted by Gasteiger charge is 2.35. The van der Waals surface area contributed by atoms with Crippen LogP contribution in [-0.4, -0.2) is 24.8 Å². The molecular formula is C16H14F3N5O3. The van der Waals surface area contributed by atoms with Crippen molar-refractivity contribution in [2.45, 2.75) is 19.1 Å². The molecular weight excluding hydrogens is 367 g/mol. The third kappa shape index (κ3) is 3.00. The molecule has 0 aliphatic rings. The van der Waals surface area contributed by atoms with Crippen LogP contribution in [0.2, 0.25) is 0 Å². The van der Waals surface area contributed by atoms with Crippen LogP contribution in [0.15, 0.2) is 40.1 Å². The van der Waals surface area contributed by atoms with Crippen molar-refractivity contribution in [2.75, 3.05) is 0 Å². The summed E-state index contributed by atoms with van der Waals surface area (Å²) in [6.07, 6.45) is -3.38. The zero-order valence-corrected chi connectivity index (χ0v) is 14.2. The second-order valence-electron chi connectivity index (χ2n) is 5.95. The van der Waals surface area contributed by atoms with E-state index in [2.05, 4.69) is 5.10 Å². The molecule has 142 valence electrons. The van der Waals surface area contributed by atoms with Gasteiger partial charge in [0.05, 0.1) is 17.4 Å². The van der Waals surface area contributed by atoms with Crippen LogP contribution in [-0.2, 0) is 18.0 Å². The number of hydrogen-bond donors (Lipinski definition) is 1. The molecule has 1 unspecified atom stereocenters. The highest BCUT2D eigenvalue weighted by atomic mass is 19.4. The van der Waals surface area contributed by atoms with E-state index in [9.17, 15) is 27.6 Å². The van der Waals surface area contributed by atoms with E-state index >= 15 is 0 Å². The first-order chi connectivity index (χ1) is 12.5. The molecule has 0 fully saturated rings. The van der Waals surface area contributed by atoms with Crippen molar-refractivity contribution in [3.8, 4) is 5.69 Å². The van der Waals surface area contributed by atoms with E-state index in [0.29, 0.717) is 26.1 Å². The van der Waals surface area contributed by atoms with Gasteiger partial charge >= 0.3 is 11.9 Å². The fourth-order valence-corrected chi connectivity index (χ4v) is 2.73. The van der Waals surface area contributed by atoms with Gasteiger partial charge in [-0.15, -0.1) is 0 Å². The summed E-state index contributed by atoms with van der Waals surface area (Å²) in [6.45, 7) is 1.52. The molecule has 0 saturated carbocycles. The number of carbonyl (C=O) groups is 1. The van der Waals surface area contributed by atoms with Gasteiger partial charge in [0.25, 0.3) is 5.56 Å². The van der Waals surface area contributed by atoms with Gasteiger partial charge in [0.2, 0.25) is 5.91 Å². The molecule has 2 aromatic heterocycles. The number of nitrogens with zero attached hydrogens (tertiary/aromatic N) is 4. The van der Waals surface area contributed by atoms with Gasteiger partial charge in [0.1, 0.15) is 11.7 Å². The van der Waals surface area contributed by atoms with Crippen molar-refractivity contribution in [2.24, 2.45) is 12.8 Å². The van der Waals surface area contributed by atoms with Crippen LogP contribution in [0.3, 0.4) is 0 Å². The maximum absolute atomic E-state index is 13.0. The number of amides is 1. The van der Waals surface area contributed by atoms with Crippen LogP contribution in [0.25, 0.3) is 16.6 Å². The number of alkyl halides is 3. The van der Waals surface area contributed by atoms with Gasteiger partial charge in [-0.2, -0.15) is 18.3 Å². The number of carbonyl (C=O) groups excluding carboxylic acids is 1. The summed E-state index contributed by atoms with van der Waals surface area (Å²) in [5.74, 6) is -0.645. The van der Waals surface area contributed by atoms with E-state index in [0.717, 1.165) is 7.05 Å². The zero-order chi connectivity index (χ0) is 20.1. The minimum atomic E-state index is -4.84. The molecule has 3 aromatic rings. The van der Waals surface area contributed by atoms with E-state index in [4.69, 9.17) is 5.73 Å². The average molecular weight is 381 g/mol. The highest BCUT2D eigenvalue weighted by Crippen LogP contribution is 2.27. The zero-order valence-electron chi connectivity index (χ0n) is 14.2. The van der Waals surface area contributed by atoms with Crippen molar-refractivity contribution < 1.29 is 18.0 Å². The second kappa shape index (κ2) is 6.11. The molecule has 2 heterocycles. The summed E-state index contributed by atoms with van der Waals surface area (Å²) in [6, 6.07) is 3.88. The lowest BCUT2D eigenvalue weighted by molar-refractivity contribution is -0.144. The maximum atomic E-state index is 13.0. The molecule has 1 atom stereocenters. The monoisotopic (exact) mass is 381 g/mol. The Morgan fingerprint density at radius 3 is 2.48 bits per heavy atom. The summed E-state index contributed by atoms with van der Waals surface area (Å²) >= 11 is 0. The SMILES string of the molecule is CC(C(N)=O)n1ncc2ccc(-n3c(=O)cc(C(F)(F)F)n(C)c3=O)cc21. The molecule has 0 radical (unpaired) electrons. The van der Waals surface area contributed by atoms with E-state index in [1.165, 1.54) is 36.0 Å². The van der Waals surface area contributed by atoms with Gasteiger partial charge in [0.15, 0.2) is 0 Å². The van der Waals surface area contributed by atoms with Crippen LogP contribution < -0.4 is 17.0 Å². The van der Waals surface area contributed by atoms with Crippen LogP contribution in [0.5, 0.6) is 0 Å². The van der Waals surface area contributed by atoms with Gasteiger partial charge in [-0.25, -0.2) is 9.36 Å². The van der Waals surface area contributed by atoms with Crippen LogP contribution in [0, 0.1) is 0 Å². The van der Waals surface area contributed by atoms with Gasteiger partial charge in [-0.3, -0.25) is 18.8 Å². The molecule has 3 rings (SSSR count). The molecule has 0 bridgehead atoms. The van der Waals surface area contributed by atoms with Gasteiger partial charge in [-0.1, -0.05) is 0 Å². The Hall–Kier alpha value is -3.37. The number of nitrogens with two attached hydrogens (primary N) is 1. The Bertz CT molecular complexity index is 1170. The van der Waals surface area contributed by atoms with Crippen molar-refractivity contribution in [3.05, 3.63) is 57.0 Å². The first kappa shape index (κ1) is 18.4. The fourth-order valence-electron chi connectivity index (χ4n) is 2.73. The van der Waals surface area contributed by atoms with E-state index in [1.54, 1.807) is 0 Å². The van der Waals surface area contributed by atoms with Crippen molar-refractivity contribution in [1.82, 2.24) is 18.9 Å². The number of primary amides is 1. The van der Waals surface area contributed by atoms with E-state index in [-0.39, 0.29) is 5.69 Å². The molecule has 2 N–H and O–H groups in total. The predicted molar refractivity (Wildman–Crippen MR) is 89.5 cm³/mol. The summed E-state index contributed by atoms with van der Waals surface area (Å²) < 4.78 is 41.2. The molecule has 1 aromatic carbocycles. The Kier molecular flexibility index (Phi) is 4.17. The first-order valence-corrected chi connectivity index (χ1v) is 7.69. The van der Waals surface area contributed by atoms with Crippen molar-refractivity contribution in [1.29, 1.82) is 0 Å². The molecule has 1 amide bonds. The quantitative estimate of drug-likeness (QED) is 0.729. The minimum Gasteiger partial charge on any atom is -0.368 e. The largest absolute Gasteiger partial charge is 0.431 e. The lowest BCUT2D eigenvalue weighted by atomic mass is 10.2. The Balaban J connectivity index is 2.26. The normalized spacial score (nSPS) is 13.1. The lowest BCUT2D eigenvalue weighted by Crippen LogP contribution is -2.40. The Labute approximate surface area is 149 Å². The number of rotatable bonds is 3. The Morgan fingerprint density at radius 1 is 1.22 bits per heavy atom. The summed E-state index contributed by atoms with van der Waals surface area (Å²) in [5, 5.41) is 4.66. The third-order valence-corrected chi connectivity index (χ3v) is 4.23. The standard InChI is InChI=1S/C16H14F3N5O3/c1-8(14(20)26)24-11-5-10(4-3-9(11)7-21-24)23-13(25)6-12(16(17,18)19)22(2)15(23)27/h3-8H,1-2H3,(H2,20,26). The molecule has 8 nitrogen and oxygen atoms in total. The minimum absolute atomic E-state index is 0.0419. The van der Waals surface area contributed by atoms with Crippen LogP contribution >= 0.6 is 0 Å².